The van der Waals surface area contributed by atoms with E-state index >= 15 is 0 Å². The second kappa shape index (κ2) is 6.54. The first-order chi connectivity index (χ1) is 9.21. The quantitative estimate of drug-likeness (QED) is 0.448. The predicted octanol–water partition coefficient (Wildman–Crippen LogP) is 1.10. The number of amides is 1. The van der Waals surface area contributed by atoms with Crippen molar-refractivity contribution >= 4 is 17.8 Å². The maximum atomic E-state index is 11.6. The molecule has 1 N–H and O–H groups in total. The zero-order valence-electron chi connectivity index (χ0n) is 12.2. The molecule has 1 amide bonds. The molecule has 1 unspecified atom stereocenters. The normalized spacial score (nSPS) is 20.1. The van der Waals surface area contributed by atoms with Crippen LogP contribution in [-0.2, 0) is 23.9 Å². The van der Waals surface area contributed by atoms with Gasteiger partial charge in [-0.2, -0.15) is 0 Å². The Labute approximate surface area is 118 Å². The molecule has 6 heteroatoms. The van der Waals surface area contributed by atoms with Gasteiger partial charge in [0.1, 0.15) is 5.60 Å². The Morgan fingerprint density at radius 3 is 2.65 bits per heavy atom. The molecule has 0 saturated carbocycles. The third-order valence-corrected chi connectivity index (χ3v) is 2.82. The summed E-state index contributed by atoms with van der Waals surface area (Å²) in [6.45, 7) is 9.01. The number of nitrogens with one attached hydrogen (secondary N) is 1. The van der Waals surface area contributed by atoms with E-state index in [0.29, 0.717) is 25.0 Å². The highest BCUT2D eigenvalue weighted by Crippen LogP contribution is 2.27. The van der Waals surface area contributed by atoms with Gasteiger partial charge in [-0.25, -0.2) is 4.79 Å². The summed E-state index contributed by atoms with van der Waals surface area (Å²) in [7, 11) is 0. The topological polar surface area (TPSA) is 81.7 Å². The Hall–Kier alpha value is -1.85. The first-order valence-electron chi connectivity index (χ1n) is 6.57. The Kier molecular flexibility index (Phi) is 5.30. The van der Waals surface area contributed by atoms with Crippen LogP contribution in [0.2, 0.25) is 0 Å². The van der Waals surface area contributed by atoms with E-state index in [1.165, 1.54) is 0 Å². The van der Waals surface area contributed by atoms with Crippen LogP contribution in [0, 0.1) is 0 Å². The summed E-state index contributed by atoms with van der Waals surface area (Å²) in [4.78, 5) is 34.2. The molecule has 1 fully saturated rings. The summed E-state index contributed by atoms with van der Waals surface area (Å²) in [5, 5.41) is 2.62. The van der Waals surface area contributed by atoms with Crippen LogP contribution in [-0.4, -0.2) is 36.1 Å². The molecule has 112 valence electrons. The molecule has 1 heterocycles. The fourth-order valence-electron chi connectivity index (χ4n) is 1.80. The Morgan fingerprint density at radius 2 is 2.15 bits per heavy atom. The monoisotopic (exact) mass is 283 g/mol. The Morgan fingerprint density at radius 1 is 1.50 bits per heavy atom. The van der Waals surface area contributed by atoms with Gasteiger partial charge in [0.05, 0.1) is 0 Å². The van der Waals surface area contributed by atoms with E-state index in [-0.39, 0.29) is 12.3 Å². The number of ether oxygens (including phenoxy) is 2. The molecule has 1 aliphatic rings. The summed E-state index contributed by atoms with van der Waals surface area (Å²) in [6, 6.07) is 0. The van der Waals surface area contributed by atoms with Crippen LogP contribution in [0.25, 0.3) is 0 Å². The van der Waals surface area contributed by atoms with E-state index in [0.717, 1.165) is 0 Å². The van der Waals surface area contributed by atoms with Crippen molar-refractivity contribution in [2.75, 3.05) is 6.54 Å². The zero-order chi connectivity index (χ0) is 15.3. The third kappa shape index (κ3) is 5.03. The van der Waals surface area contributed by atoms with Crippen LogP contribution in [0.4, 0.5) is 0 Å². The van der Waals surface area contributed by atoms with Crippen LogP contribution < -0.4 is 5.32 Å². The van der Waals surface area contributed by atoms with E-state index in [1.54, 1.807) is 20.8 Å². The molecule has 1 aliphatic heterocycles. The number of hydrogen-bond acceptors (Lipinski definition) is 5. The van der Waals surface area contributed by atoms with Gasteiger partial charge in [-0.1, -0.05) is 6.58 Å². The number of hydrogen-bond donors (Lipinski definition) is 1. The molecular formula is C14H21NO5. The number of esters is 2. The lowest BCUT2D eigenvalue weighted by molar-refractivity contribution is -0.162. The van der Waals surface area contributed by atoms with Crippen LogP contribution >= 0.6 is 0 Å². The lowest BCUT2D eigenvalue weighted by atomic mass is 10.0. The van der Waals surface area contributed by atoms with Gasteiger partial charge in [0.25, 0.3) is 0 Å². The highest BCUT2D eigenvalue weighted by molar-refractivity contribution is 5.92. The minimum absolute atomic E-state index is 0.140. The van der Waals surface area contributed by atoms with E-state index < -0.39 is 23.6 Å². The van der Waals surface area contributed by atoms with Gasteiger partial charge in [-0.05, 0) is 27.2 Å². The fourth-order valence-corrected chi connectivity index (χ4v) is 1.80. The highest BCUT2D eigenvalue weighted by Gasteiger charge is 2.42. The van der Waals surface area contributed by atoms with Gasteiger partial charge < -0.3 is 14.8 Å². The molecule has 20 heavy (non-hydrogen) atoms. The van der Waals surface area contributed by atoms with Crippen molar-refractivity contribution in [3.8, 4) is 0 Å². The molecule has 1 saturated heterocycles. The van der Waals surface area contributed by atoms with E-state index in [2.05, 4.69) is 11.9 Å². The Bertz CT molecular complexity index is 427. The van der Waals surface area contributed by atoms with Crippen molar-refractivity contribution in [3.63, 3.8) is 0 Å². The zero-order valence-corrected chi connectivity index (χ0v) is 12.2. The largest absolute Gasteiger partial charge is 0.457 e. The summed E-state index contributed by atoms with van der Waals surface area (Å²) in [5.41, 5.74) is -0.166. The standard InChI is InChI=1S/C14H21NO5/c1-9(2)12(17)15-7-5-6-11(16)19-10-8-14(3,4)20-13(10)18/h10H,1,5-8H2,2-4H3,(H,15,17). The van der Waals surface area contributed by atoms with E-state index in [9.17, 15) is 14.4 Å². The van der Waals surface area contributed by atoms with Crippen LogP contribution in [0.1, 0.15) is 40.0 Å². The highest BCUT2D eigenvalue weighted by atomic mass is 16.6. The van der Waals surface area contributed by atoms with Crippen LogP contribution in [0.3, 0.4) is 0 Å². The first kappa shape index (κ1) is 16.2. The van der Waals surface area contributed by atoms with Gasteiger partial charge in [-0.15, -0.1) is 0 Å². The second-order valence-electron chi connectivity index (χ2n) is 5.50. The molecule has 6 nitrogen and oxygen atoms in total. The SMILES string of the molecule is C=C(C)C(=O)NCCCC(=O)OC1CC(C)(C)OC1=O. The molecule has 0 aromatic carbocycles. The van der Waals surface area contributed by atoms with Crippen molar-refractivity contribution in [2.45, 2.75) is 51.7 Å². The van der Waals surface area contributed by atoms with Crippen molar-refractivity contribution in [3.05, 3.63) is 12.2 Å². The molecule has 1 atom stereocenters. The van der Waals surface area contributed by atoms with Gasteiger partial charge >= 0.3 is 11.9 Å². The van der Waals surface area contributed by atoms with Gasteiger partial charge in [0.2, 0.25) is 12.0 Å². The molecule has 0 aromatic heterocycles. The summed E-state index contributed by atoms with van der Waals surface area (Å²) >= 11 is 0. The molecular weight excluding hydrogens is 262 g/mol. The summed E-state index contributed by atoms with van der Waals surface area (Å²) in [6.07, 6.45) is 0.135. The lowest BCUT2D eigenvalue weighted by Crippen LogP contribution is -2.26. The number of cyclic esters (lactones) is 1. The summed E-state index contributed by atoms with van der Waals surface area (Å²) < 4.78 is 10.1. The average Bonchev–Trinajstić information content (AvgIpc) is 2.57. The van der Waals surface area contributed by atoms with Crippen LogP contribution in [0.15, 0.2) is 12.2 Å². The van der Waals surface area contributed by atoms with Crippen molar-refractivity contribution in [1.82, 2.24) is 5.32 Å². The molecule has 0 bridgehead atoms. The number of rotatable bonds is 6. The van der Waals surface area contributed by atoms with Gasteiger partial charge in [0, 0.05) is 25.0 Å². The van der Waals surface area contributed by atoms with Crippen molar-refractivity contribution < 1.29 is 23.9 Å². The number of carbonyl (C=O) groups excluding carboxylic acids is 3. The molecule has 1 rings (SSSR count). The van der Waals surface area contributed by atoms with Gasteiger partial charge in [-0.3, -0.25) is 9.59 Å². The minimum atomic E-state index is -0.817. The fraction of sp³-hybridized carbons (Fsp3) is 0.643. The van der Waals surface area contributed by atoms with Crippen molar-refractivity contribution in [1.29, 1.82) is 0 Å². The average molecular weight is 283 g/mol. The maximum absolute atomic E-state index is 11.6. The van der Waals surface area contributed by atoms with Gasteiger partial charge in [0.15, 0.2) is 0 Å². The number of carbonyl (C=O) groups is 3. The molecule has 0 aromatic rings. The summed E-state index contributed by atoms with van der Waals surface area (Å²) in [5.74, 6) is -1.20. The molecule has 0 radical (unpaired) electrons. The maximum Gasteiger partial charge on any atom is 0.348 e. The van der Waals surface area contributed by atoms with E-state index in [1.807, 2.05) is 0 Å². The molecule has 0 aliphatic carbocycles. The first-order valence-corrected chi connectivity index (χ1v) is 6.57. The lowest BCUT2D eigenvalue weighted by Gasteiger charge is -2.14. The Balaban J connectivity index is 2.23. The van der Waals surface area contributed by atoms with Crippen molar-refractivity contribution in [2.24, 2.45) is 0 Å². The minimum Gasteiger partial charge on any atom is -0.457 e. The predicted molar refractivity (Wildman–Crippen MR) is 71.7 cm³/mol. The smallest absolute Gasteiger partial charge is 0.348 e. The molecule has 0 spiro atoms. The van der Waals surface area contributed by atoms with Crippen LogP contribution in [0.5, 0.6) is 0 Å². The second-order valence-corrected chi connectivity index (χ2v) is 5.50. The van der Waals surface area contributed by atoms with E-state index in [4.69, 9.17) is 9.47 Å². The third-order valence-electron chi connectivity index (χ3n) is 2.82.